The molecule has 1 aromatic carbocycles. The second kappa shape index (κ2) is 2.69. The number of hydrogen-bond donors (Lipinski definition) is 1. The zero-order valence-electron chi connectivity index (χ0n) is 7.34. The van der Waals surface area contributed by atoms with E-state index in [0.717, 1.165) is 4.83 Å². The molecular weight excluding hydrogens is 194 g/mol. The lowest BCUT2D eigenvalue weighted by Gasteiger charge is -1.92. The minimum atomic E-state index is 0.302. The standard InChI is InChI=1S/C11H7NOS/c13-10-7-14-11-9-4-2-1-3-8(9)5-6-12(10)11/h1-7H/p+1. The molecular formula is C11H8NOS+. The summed E-state index contributed by atoms with van der Waals surface area (Å²) >= 11 is 1.56. The lowest BCUT2D eigenvalue weighted by atomic mass is 10.2. The fourth-order valence-electron chi connectivity index (χ4n) is 1.66. The topological polar surface area (TPSA) is 24.3 Å². The Morgan fingerprint density at radius 2 is 2.00 bits per heavy atom. The van der Waals surface area contributed by atoms with Crippen LogP contribution in [0, 0.1) is 0 Å². The van der Waals surface area contributed by atoms with Crippen molar-refractivity contribution < 1.29 is 9.51 Å². The number of pyridine rings is 1. The van der Waals surface area contributed by atoms with E-state index in [9.17, 15) is 5.11 Å². The summed E-state index contributed by atoms with van der Waals surface area (Å²) in [6.45, 7) is 0. The Labute approximate surface area is 84.7 Å². The van der Waals surface area contributed by atoms with Crippen LogP contribution in [0.3, 0.4) is 0 Å². The maximum absolute atomic E-state index is 9.54. The average molecular weight is 202 g/mol. The van der Waals surface area contributed by atoms with Crippen LogP contribution in [-0.4, -0.2) is 5.11 Å². The van der Waals surface area contributed by atoms with E-state index in [4.69, 9.17) is 0 Å². The Balaban J connectivity index is 2.61. The highest BCUT2D eigenvalue weighted by Crippen LogP contribution is 2.22. The molecule has 0 aliphatic rings. The Bertz CT molecular complexity index is 615. The third kappa shape index (κ3) is 0.930. The maximum atomic E-state index is 9.54. The minimum absolute atomic E-state index is 0.302. The minimum Gasteiger partial charge on any atom is -0.459 e. The molecule has 14 heavy (non-hydrogen) atoms. The van der Waals surface area contributed by atoms with E-state index < -0.39 is 0 Å². The van der Waals surface area contributed by atoms with Crippen LogP contribution in [0.1, 0.15) is 0 Å². The Morgan fingerprint density at radius 1 is 1.14 bits per heavy atom. The average Bonchev–Trinajstić information content (AvgIpc) is 2.61. The van der Waals surface area contributed by atoms with E-state index in [1.165, 1.54) is 10.8 Å². The van der Waals surface area contributed by atoms with Crippen molar-refractivity contribution in [3.63, 3.8) is 0 Å². The van der Waals surface area contributed by atoms with Crippen molar-refractivity contribution in [3.05, 3.63) is 41.9 Å². The molecule has 3 heteroatoms. The highest BCUT2D eigenvalue weighted by atomic mass is 32.1. The van der Waals surface area contributed by atoms with Gasteiger partial charge in [0.05, 0.1) is 5.39 Å². The van der Waals surface area contributed by atoms with E-state index >= 15 is 0 Å². The summed E-state index contributed by atoms with van der Waals surface area (Å²) in [5.74, 6) is 0.302. The van der Waals surface area contributed by atoms with Crippen LogP contribution >= 0.6 is 11.3 Å². The summed E-state index contributed by atoms with van der Waals surface area (Å²) in [5, 5.41) is 13.7. The van der Waals surface area contributed by atoms with E-state index in [0.29, 0.717) is 5.88 Å². The molecule has 68 valence electrons. The van der Waals surface area contributed by atoms with Crippen molar-refractivity contribution in [2.45, 2.75) is 0 Å². The Morgan fingerprint density at radius 3 is 2.93 bits per heavy atom. The van der Waals surface area contributed by atoms with Crippen LogP contribution < -0.4 is 4.40 Å². The van der Waals surface area contributed by atoms with Gasteiger partial charge in [0.25, 0.3) is 4.83 Å². The van der Waals surface area contributed by atoms with E-state index in [1.54, 1.807) is 21.1 Å². The van der Waals surface area contributed by atoms with Gasteiger partial charge in [0, 0.05) is 6.07 Å². The smallest absolute Gasteiger partial charge is 0.382 e. The second-order valence-corrected chi connectivity index (χ2v) is 4.03. The van der Waals surface area contributed by atoms with Crippen molar-refractivity contribution in [1.82, 2.24) is 0 Å². The first kappa shape index (κ1) is 7.76. The number of aromatic hydroxyl groups is 1. The van der Waals surface area contributed by atoms with E-state index in [2.05, 4.69) is 12.1 Å². The summed E-state index contributed by atoms with van der Waals surface area (Å²) in [6.07, 6.45) is 1.89. The lowest BCUT2D eigenvalue weighted by Crippen LogP contribution is -2.17. The van der Waals surface area contributed by atoms with Gasteiger partial charge in [0.15, 0.2) is 6.20 Å². The normalized spacial score (nSPS) is 11.1. The third-order valence-corrected chi connectivity index (χ3v) is 3.30. The van der Waals surface area contributed by atoms with Gasteiger partial charge in [-0.25, -0.2) is 0 Å². The molecule has 3 rings (SSSR count). The fourth-order valence-corrected chi connectivity index (χ4v) is 2.57. The van der Waals surface area contributed by atoms with Crippen molar-refractivity contribution in [1.29, 1.82) is 0 Å². The summed E-state index contributed by atoms with van der Waals surface area (Å²) in [4.78, 5) is 1.08. The highest BCUT2D eigenvalue weighted by Gasteiger charge is 2.13. The summed E-state index contributed by atoms with van der Waals surface area (Å²) in [7, 11) is 0. The highest BCUT2D eigenvalue weighted by molar-refractivity contribution is 7.16. The van der Waals surface area contributed by atoms with Gasteiger partial charge in [-0.1, -0.05) is 29.5 Å². The SMILES string of the molecule is Oc1csc2c3ccccc3cc[n+]12. The Kier molecular flexibility index (Phi) is 1.49. The van der Waals surface area contributed by atoms with Crippen LogP contribution in [-0.2, 0) is 0 Å². The number of rotatable bonds is 0. The number of aromatic nitrogens is 1. The first-order valence-corrected chi connectivity index (χ1v) is 5.24. The predicted octanol–water partition coefficient (Wildman–Crippen LogP) is 2.35. The van der Waals surface area contributed by atoms with Crippen LogP contribution in [0.2, 0.25) is 0 Å². The largest absolute Gasteiger partial charge is 0.459 e. The van der Waals surface area contributed by atoms with Gasteiger partial charge in [0.2, 0.25) is 0 Å². The van der Waals surface area contributed by atoms with Crippen molar-refractivity contribution in [2.75, 3.05) is 0 Å². The van der Waals surface area contributed by atoms with Gasteiger partial charge in [-0.2, -0.15) is 0 Å². The first-order chi connectivity index (χ1) is 6.86. The molecule has 0 saturated heterocycles. The quantitative estimate of drug-likeness (QED) is 0.556. The second-order valence-electron chi connectivity index (χ2n) is 3.17. The van der Waals surface area contributed by atoms with E-state index in [-0.39, 0.29) is 0 Å². The van der Waals surface area contributed by atoms with Crippen LogP contribution in [0.25, 0.3) is 15.6 Å². The number of nitrogens with zero attached hydrogens (tertiary/aromatic N) is 1. The van der Waals surface area contributed by atoms with Crippen molar-refractivity contribution in [2.24, 2.45) is 0 Å². The molecule has 0 unspecified atom stereocenters. The zero-order chi connectivity index (χ0) is 9.54. The van der Waals surface area contributed by atoms with Crippen molar-refractivity contribution >= 4 is 26.9 Å². The summed E-state index contributed by atoms with van der Waals surface area (Å²) in [6, 6.07) is 10.2. The monoisotopic (exact) mass is 202 g/mol. The molecule has 2 aromatic heterocycles. The number of benzene rings is 1. The molecule has 0 saturated carbocycles. The molecule has 0 bridgehead atoms. The molecule has 2 nitrogen and oxygen atoms in total. The zero-order valence-corrected chi connectivity index (χ0v) is 8.16. The van der Waals surface area contributed by atoms with Gasteiger partial charge in [-0.15, -0.1) is 4.40 Å². The molecule has 0 fully saturated rings. The van der Waals surface area contributed by atoms with Gasteiger partial charge in [0.1, 0.15) is 5.38 Å². The summed E-state index contributed by atoms with van der Waals surface area (Å²) < 4.78 is 1.80. The number of fused-ring (bicyclic) bond motifs is 3. The number of thiazole rings is 1. The molecule has 0 amide bonds. The van der Waals surface area contributed by atoms with E-state index in [1.807, 2.05) is 24.4 Å². The molecule has 0 aliphatic carbocycles. The molecule has 0 radical (unpaired) electrons. The summed E-state index contributed by atoms with van der Waals surface area (Å²) in [5.41, 5.74) is 0. The molecule has 0 atom stereocenters. The molecule has 2 heterocycles. The van der Waals surface area contributed by atoms with Crippen LogP contribution in [0.15, 0.2) is 41.9 Å². The van der Waals surface area contributed by atoms with Gasteiger partial charge in [-0.3, -0.25) is 0 Å². The van der Waals surface area contributed by atoms with Crippen LogP contribution in [0.5, 0.6) is 5.88 Å². The predicted molar refractivity (Wildman–Crippen MR) is 56.6 cm³/mol. The first-order valence-electron chi connectivity index (χ1n) is 4.36. The van der Waals surface area contributed by atoms with Gasteiger partial charge < -0.3 is 5.11 Å². The van der Waals surface area contributed by atoms with Gasteiger partial charge in [-0.05, 0) is 11.5 Å². The third-order valence-electron chi connectivity index (χ3n) is 2.34. The molecule has 1 N–H and O–H groups in total. The molecule has 3 aromatic rings. The Hall–Kier alpha value is -1.61. The number of hydrogen-bond acceptors (Lipinski definition) is 2. The van der Waals surface area contributed by atoms with Crippen LogP contribution in [0.4, 0.5) is 0 Å². The fraction of sp³-hybridized carbons (Fsp3) is 0. The lowest BCUT2D eigenvalue weighted by molar-refractivity contribution is -0.517. The van der Waals surface area contributed by atoms with Gasteiger partial charge >= 0.3 is 5.88 Å². The molecule has 0 aliphatic heterocycles. The molecule has 0 spiro atoms. The van der Waals surface area contributed by atoms with Crippen molar-refractivity contribution in [3.8, 4) is 5.88 Å². The maximum Gasteiger partial charge on any atom is 0.382 e.